The van der Waals surface area contributed by atoms with Crippen LogP contribution in [0, 0.1) is 5.92 Å². The molecule has 0 bridgehead atoms. The van der Waals surface area contributed by atoms with Crippen molar-refractivity contribution < 1.29 is 14.3 Å². The molecule has 0 saturated carbocycles. The van der Waals surface area contributed by atoms with E-state index < -0.39 is 0 Å². The fourth-order valence-electron chi connectivity index (χ4n) is 2.25. The average molecular weight is 291 g/mol. The van der Waals surface area contributed by atoms with Gasteiger partial charge in [-0.25, -0.2) is 0 Å². The van der Waals surface area contributed by atoms with Gasteiger partial charge in [-0.2, -0.15) is 0 Å². The van der Waals surface area contributed by atoms with Gasteiger partial charge in [-0.15, -0.1) is 0 Å². The van der Waals surface area contributed by atoms with E-state index in [-0.39, 0.29) is 25.0 Å². The molecule has 1 aliphatic heterocycles. The summed E-state index contributed by atoms with van der Waals surface area (Å²) in [4.78, 5) is 25.3. The van der Waals surface area contributed by atoms with Crippen molar-refractivity contribution in [2.24, 2.45) is 11.7 Å². The van der Waals surface area contributed by atoms with Crippen LogP contribution < -0.4 is 15.8 Å². The van der Waals surface area contributed by atoms with Crippen LogP contribution in [0.1, 0.15) is 6.42 Å². The number of carbonyl (C=O) groups excluding carboxylic acids is 2. The van der Waals surface area contributed by atoms with Crippen LogP contribution in [0.25, 0.3) is 0 Å². The number of carbonyl (C=O) groups is 2. The molecule has 21 heavy (non-hydrogen) atoms. The Hall–Kier alpha value is -2.08. The standard InChI is InChI=1S/C15H21N3O3/c16-8-12-6-7-18(10-12)15(20)9-17-14(19)11-21-13-4-2-1-3-5-13/h1-5,12H,6-11,16H2,(H,17,19). The Morgan fingerprint density at radius 1 is 1.33 bits per heavy atom. The summed E-state index contributed by atoms with van der Waals surface area (Å²) in [6.45, 7) is 1.92. The summed E-state index contributed by atoms with van der Waals surface area (Å²) in [5.74, 6) is 0.635. The van der Waals surface area contributed by atoms with Gasteiger partial charge in [0.2, 0.25) is 5.91 Å². The first-order valence-electron chi connectivity index (χ1n) is 7.11. The number of rotatable bonds is 6. The lowest BCUT2D eigenvalue weighted by Crippen LogP contribution is -2.40. The average Bonchev–Trinajstić information content (AvgIpc) is 3.00. The second-order valence-electron chi connectivity index (χ2n) is 5.11. The van der Waals surface area contributed by atoms with Crippen LogP contribution in [0.3, 0.4) is 0 Å². The van der Waals surface area contributed by atoms with Gasteiger partial charge in [-0.3, -0.25) is 9.59 Å². The van der Waals surface area contributed by atoms with E-state index in [2.05, 4.69) is 5.32 Å². The van der Waals surface area contributed by atoms with Crippen molar-refractivity contribution in [2.75, 3.05) is 32.8 Å². The van der Waals surface area contributed by atoms with Crippen molar-refractivity contribution in [3.63, 3.8) is 0 Å². The number of nitrogens with two attached hydrogens (primary N) is 1. The topological polar surface area (TPSA) is 84.7 Å². The highest BCUT2D eigenvalue weighted by atomic mass is 16.5. The summed E-state index contributed by atoms with van der Waals surface area (Å²) in [6.07, 6.45) is 0.938. The molecule has 1 aromatic rings. The zero-order chi connectivity index (χ0) is 15.1. The number of hydrogen-bond acceptors (Lipinski definition) is 4. The van der Waals surface area contributed by atoms with E-state index in [4.69, 9.17) is 10.5 Å². The minimum absolute atomic E-state index is 0.00821. The lowest BCUT2D eigenvalue weighted by molar-refractivity contribution is -0.132. The maximum absolute atomic E-state index is 11.9. The summed E-state index contributed by atoms with van der Waals surface area (Å²) in [5, 5.41) is 2.58. The summed E-state index contributed by atoms with van der Waals surface area (Å²) in [7, 11) is 0. The molecule has 1 fully saturated rings. The van der Waals surface area contributed by atoms with Crippen molar-refractivity contribution in [3.05, 3.63) is 30.3 Å². The Labute approximate surface area is 124 Å². The third-order valence-electron chi connectivity index (χ3n) is 3.52. The number of nitrogens with zero attached hydrogens (tertiary/aromatic N) is 1. The van der Waals surface area contributed by atoms with Gasteiger partial charge in [0.1, 0.15) is 5.75 Å². The van der Waals surface area contributed by atoms with Gasteiger partial charge in [-0.1, -0.05) is 18.2 Å². The van der Waals surface area contributed by atoms with Crippen LogP contribution in [0.2, 0.25) is 0 Å². The van der Waals surface area contributed by atoms with Crippen molar-refractivity contribution in [1.82, 2.24) is 10.2 Å². The molecule has 1 heterocycles. The SMILES string of the molecule is NCC1CCN(C(=O)CNC(=O)COc2ccccc2)C1. The van der Waals surface area contributed by atoms with Crippen LogP contribution in [0.15, 0.2) is 30.3 Å². The zero-order valence-corrected chi connectivity index (χ0v) is 12.0. The third-order valence-corrected chi connectivity index (χ3v) is 3.52. The van der Waals surface area contributed by atoms with Gasteiger partial charge < -0.3 is 20.7 Å². The molecule has 3 N–H and O–H groups in total. The molecule has 1 aromatic carbocycles. The molecule has 114 valence electrons. The number of benzene rings is 1. The van der Waals surface area contributed by atoms with E-state index in [0.29, 0.717) is 24.8 Å². The molecular formula is C15H21N3O3. The van der Waals surface area contributed by atoms with E-state index in [1.807, 2.05) is 18.2 Å². The highest BCUT2D eigenvalue weighted by Gasteiger charge is 2.25. The maximum Gasteiger partial charge on any atom is 0.258 e. The van der Waals surface area contributed by atoms with Crippen LogP contribution in [-0.4, -0.2) is 49.5 Å². The molecule has 6 heteroatoms. The second kappa shape index (κ2) is 7.64. The fourth-order valence-corrected chi connectivity index (χ4v) is 2.25. The van der Waals surface area contributed by atoms with E-state index in [1.165, 1.54) is 0 Å². The molecule has 1 aliphatic rings. The molecule has 0 radical (unpaired) electrons. The zero-order valence-electron chi connectivity index (χ0n) is 12.0. The van der Waals surface area contributed by atoms with Crippen molar-refractivity contribution in [1.29, 1.82) is 0 Å². The number of hydrogen-bond donors (Lipinski definition) is 2. The molecule has 2 amide bonds. The predicted molar refractivity (Wildman–Crippen MR) is 78.7 cm³/mol. The normalized spacial score (nSPS) is 17.6. The highest BCUT2D eigenvalue weighted by molar-refractivity contribution is 5.85. The second-order valence-corrected chi connectivity index (χ2v) is 5.11. The predicted octanol–water partition coefficient (Wildman–Crippen LogP) is -0.0112. The van der Waals surface area contributed by atoms with E-state index in [9.17, 15) is 9.59 Å². The van der Waals surface area contributed by atoms with E-state index in [0.717, 1.165) is 13.0 Å². The summed E-state index contributed by atoms with van der Waals surface area (Å²) < 4.78 is 5.31. The monoisotopic (exact) mass is 291 g/mol. The van der Waals surface area contributed by atoms with Crippen LogP contribution >= 0.6 is 0 Å². The minimum atomic E-state index is -0.304. The lowest BCUT2D eigenvalue weighted by atomic mass is 10.1. The first-order chi connectivity index (χ1) is 10.2. The Morgan fingerprint density at radius 3 is 2.76 bits per heavy atom. The first-order valence-corrected chi connectivity index (χ1v) is 7.11. The Bertz CT molecular complexity index is 478. The van der Waals surface area contributed by atoms with E-state index in [1.54, 1.807) is 17.0 Å². The van der Waals surface area contributed by atoms with Gasteiger partial charge in [-0.05, 0) is 31.0 Å². The first kappa shape index (κ1) is 15.3. The van der Waals surface area contributed by atoms with Crippen molar-refractivity contribution >= 4 is 11.8 Å². The molecule has 0 aromatic heterocycles. The highest BCUT2D eigenvalue weighted by Crippen LogP contribution is 2.14. The number of amides is 2. The van der Waals surface area contributed by atoms with Gasteiger partial charge in [0.25, 0.3) is 5.91 Å². The largest absolute Gasteiger partial charge is 0.484 e. The molecule has 6 nitrogen and oxygen atoms in total. The van der Waals surface area contributed by atoms with Crippen LogP contribution in [-0.2, 0) is 9.59 Å². The molecule has 1 saturated heterocycles. The number of nitrogens with one attached hydrogen (secondary N) is 1. The van der Waals surface area contributed by atoms with Gasteiger partial charge >= 0.3 is 0 Å². The van der Waals surface area contributed by atoms with Gasteiger partial charge in [0.05, 0.1) is 6.54 Å². The van der Waals surface area contributed by atoms with E-state index >= 15 is 0 Å². The fraction of sp³-hybridized carbons (Fsp3) is 0.467. The Kier molecular flexibility index (Phi) is 5.57. The Morgan fingerprint density at radius 2 is 2.10 bits per heavy atom. The van der Waals surface area contributed by atoms with Crippen LogP contribution in [0.5, 0.6) is 5.75 Å². The van der Waals surface area contributed by atoms with Gasteiger partial charge in [0.15, 0.2) is 6.61 Å². The quantitative estimate of drug-likeness (QED) is 0.772. The molecule has 0 spiro atoms. The molecule has 1 unspecified atom stereocenters. The number of ether oxygens (including phenoxy) is 1. The van der Waals surface area contributed by atoms with Gasteiger partial charge in [0, 0.05) is 13.1 Å². The maximum atomic E-state index is 11.9. The third kappa shape index (κ3) is 4.75. The molecular weight excluding hydrogens is 270 g/mol. The van der Waals surface area contributed by atoms with Crippen molar-refractivity contribution in [2.45, 2.75) is 6.42 Å². The Balaban J connectivity index is 1.66. The lowest BCUT2D eigenvalue weighted by Gasteiger charge is -2.16. The van der Waals surface area contributed by atoms with Crippen LogP contribution in [0.4, 0.5) is 0 Å². The number of likely N-dealkylation sites (tertiary alicyclic amines) is 1. The summed E-state index contributed by atoms with van der Waals surface area (Å²) in [6, 6.07) is 9.08. The smallest absolute Gasteiger partial charge is 0.258 e. The summed E-state index contributed by atoms with van der Waals surface area (Å²) in [5.41, 5.74) is 5.59. The molecule has 0 aliphatic carbocycles. The number of para-hydroxylation sites is 1. The summed E-state index contributed by atoms with van der Waals surface area (Å²) >= 11 is 0. The molecule has 1 atom stereocenters. The molecule has 2 rings (SSSR count). The minimum Gasteiger partial charge on any atom is -0.484 e. The van der Waals surface area contributed by atoms with Crippen molar-refractivity contribution in [3.8, 4) is 5.75 Å².